The van der Waals surface area contributed by atoms with Crippen molar-refractivity contribution >= 4 is 35.1 Å². The second-order valence-corrected chi connectivity index (χ2v) is 26.3. The zero-order valence-electron chi connectivity index (χ0n) is 48.3. The van der Waals surface area contributed by atoms with Crippen molar-refractivity contribution in [3.05, 3.63) is 119 Å². The molecule has 15 nitrogen and oxygen atoms in total. The maximum absolute atomic E-state index is 17.7. The molecule has 2 aromatic carbocycles. The van der Waals surface area contributed by atoms with Gasteiger partial charge in [-0.3, -0.25) is 38.6 Å². The van der Waals surface area contributed by atoms with Crippen LogP contribution in [0.15, 0.2) is 108 Å². The molecule has 12 rings (SSSR count). The van der Waals surface area contributed by atoms with Crippen LogP contribution in [-0.2, 0) is 46.6 Å². The van der Waals surface area contributed by atoms with Gasteiger partial charge in [-0.15, -0.1) is 0 Å². The number of ketones is 4. The minimum atomic E-state index is -2.33. The number of rotatable bonds is 11. The van der Waals surface area contributed by atoms with Crippen LogP contribution in [-0.4, -0.2) is 157 Å². The molecular formula is C64H75F4N2NaO13. The monoisotopic (exact) mass is 1180 g/mol. The third-order valence-electron chi connectivity index (χ3n) is 23.3. The number of esters is 1. The number of carboxylic acid groups (broad SMARTS) is 1. The van der Waals surface area contributed by atoms with E-state index in [0.717, 1.165) is 23.3 Å². The van der Waals surface area contributed by atoms with Gasteiger partial charge >= 0.3 is 41.5 Å². The quantitative estimate of drug-likeness (QED) is 0.123. The van der Waals surface area contributed by atoms with Crippen LogP contribution in [0.4, 0.5) is 17.6 Å². The number of carboxylic acids is 1. The van der Waals surface area contributed by atoms with E-state index in [1.807, 2.05) is 72.5 Å². The minimum Gasteiger partial charge on any atom is -0.870 e. The summed E-state index contributed by atoms with van der Waals surface area (Å²) in [6.07, 6.45) is 0.677. The molecule has 2 aliphatic heterocycles. The van der Waals surface area contributed by atoms with Gasteiger partial charge in [0, 0.05) is 48.8 Å². The molecule has 8 fully saturated rings. The van der Waals surface area contributed by atoms with Gasteiger partial charge in [0.05, 0.1) is 29.6 Å². The molecule has 0 aromatic heterocycles. The Hall–Kier alpha value is -4.54. The molecule has 2 unspecified atom stereocenters. The summed E-state index contributed by atoms with van der Waals surface area (Å²) in [5.74, 6) is -8.01. The molecule has 8 aliphatic carbocycles. The Balaban J connectivity index is 0.000000197. The normalized spacial score (nSPS) is 43.8. The van der Waals surface area contributed by atoms with Gasteiger partial charge in [-0.05, 0) is 140 Å². The van der Waals surface area contributed by atoms with E-state index in [2.05, 4.69) is 0 Å². The molecule has 20 atom stereocenters. The number of allylic oxidation sites excluding steroid dienone is 8. The summed E-state index contributed by atoms with van der Waals surface area (Å²) in [6, 6.07) is 16.9. The number of fused-ring (bicyclic) bond motifs is 14. The molecule has 2 aromatic rings. The van der Waals surface area contributed by atoms with E-state index in [-0.39, 0.29) is 111 Å². The summed E-state index contributed by atoms with van der Waals surface area (Å²) in [4.78, 5) is 82.1. The molecule has 0 radical (unpaired) electrons. The van der Waals surface area contributed by atoms with Gasteiger partial charge in [0.15, 0.2) is 34.5 Å². The number of alkyl halides is 4. The molecule has 2 saturated heterocycles. The number of benzene rings is 2. The fraction of sp³-hybridized carbons (Fsp3) is 0.594. The number of carbonyl (C=O) groups is 6. The van der Waals surface area contributed by atoms with E-state index < -0.39 is 164 Å². The number of likely N-dealkylation sites (tertiary alicyclic amines) is 2. The van der Waals surface area contributed by atoms with Gasteiger partial charge in [-0.2, -0.15) is 0 Å². The summed E-state index contributed by atoms with van der Waals surface area (Å²) in [5.41, 5.74) is -10.7. The smallest absolute Gasteiger partial charge is 0.870 e. The molecule has 6 saturated carbocycles. The Morgan fingerprint density at radius 2 is 0.988 bits per heavy atom. The van der Waals surface area contributed by atoms with Crippen molar-refractivity contribution in [3.8, 4) is 0 Å². The average Bonchev–Trinajstić information content (AvgIpc) is 1.40. The Kier molecular flexibility index (Phi) is 16.9. The van der Waals surface area contributed by atoms with Crippen molar-refractivity contribution in [2.45, 2.75) is 134 Å². The van der Waals surface area contributed by atoms with E-state index in [9.17, 15) is 54.3 Å². The summed E-state index contributed by atoms with van der Waals surface area (Å²) in [5, 5.41) is 54.4. The molecular weight excluding hydrogens is 1100 g/mol. The Bertz CT molecular complexity index is 3110. The Labute approximate surface area is 508 Å². The molecule has 6 N–H and O–H groups in total. The van der Waals surface area contributed by atoms with Crippen molar-refractivity contribution in [3.63, 3.8) is 0 Å². The first kappa shape index (κ1) is 63.9. The number of aliphatic hydroxyl groups excluding tert-OH is 4. The van der Waals surface area contributed by atoms with E-state index in [4.69, 9.17) is 4.74 Å². The SMILES string of the molecule is CCOC(=O)C1[C@@H]2C[C@H]3[C@@H]4C[C@H](F)C5=CC(=O)C=C[C@]5(C)[C@@]4(F)[C@@H](O)C[C@]3(C)[C@]2(C(=O)CO)CN1Cc1ccccc1.C[C@]12C=CC(=O)C=C1[C@@H](F)C[C@H]1[C@@H]3C[C@H]4C(C(=O)O)N(Cc5ccccc5)C[C@@]4(C(=O)CO)[C@@]3(C)C[C@H](O)[C@@]12F.[Na+].[OH-]. The van der Waals surface area contributed by atoms with Crippen LogP contribution in [0.1, 0.15) is 84.3 Å². The van der Waals surface area contributed by atoms with Crippen LogP contribution < -0.4 is 29.6 Å². The van der Waals surface area contributed by atoms with Crippen LogP contribution in [0.25, 0.3) is 0 Å². The summed E-state index contributed by atoms with van der Waals surface area (Å²) >= 11 is 0. The number of Topliss-reactive ketones (excluding diaryl/α,β-unsaturated/α-hetero) is 2. The summed E-state index contributed by atoms with van der Waals surface area (Å²) in [6.45, 7) is 7.75. The summed E-state index contributed by atoms with van der Waals surface area (Å²) in [7, 11) is 0. The van der Waals surface area contributed by atoms with Crippen LogP contribution in [0.3, 0.4) is 0 Å². The third-order valence-corrected chi connectivity index (χ3v) is 23.3. The Morgan fingerprint density at radius 3 is 1.36 bits per heavy atom. The van der Waals surface area contributed by atoms with Crippen molar-refractivity contribution in [2.75, 3.05) is 32.9 Å². The van der Waals surface area contributed by atoms with Gasteiger partial charge in [0.25, 0.3) is 0 Å². The molecule has 448 valence electrons. The predicted molar refractivity (Wildman–Crippen MR) is 292 cm³/mol. The van der Waals surface area contributed by atoms with E-state index in [0.29, 0.717) is 6.54 Å². The first-order valence-electron chi connectivity index (χ1n) is 28.9. The van der Waals surface area contributed by atoms with Crippen LogP contribution in [0.2, 0.25) is 0 Å². The largest absolute Gasteiger partial charge is 1.00 e. The zero-order valence-corrected chi connectivity index (χ0v) is 50.3. The van der Waals surface area contributed by atoms with Crippen molar-refractivity contribution in [1.82, 2.24) is 9.80 Å². The van der Waals surface area contributed by atoms with Crippen LogP contribution in [0, 0.1) is 68.0 Å². The fourth-order valence-electron chi connectivity index (χ4n) is 19.9. The van der Waals surface area contributed by atoms with Gasteiger partial charge in [-0.1, -0.05) is 86.7 Å². The number of carbonyl (C=O) groups excluding carboxylic acids is 5. The molecule has 20 heteroatoms. The predicted octanol–water partition coefficient (Wildman–Crippen LogP) is 3.40. The van der Waals surface area contributed by atoms with Crippen molar-refractivity contribution in [2.24, 2.45) is 68.0 Å². The standard InChI is InChI=1S/C33H39F2NO6.C31H35F2NO6.Na.H2O/c1-4-42-29(41)28-24-13-21-22-14-25(34)23-12-20(38)10-11-30(23,2)33(22,35)26(39)15-31(21,3)32(24,27(40)17-37)18-36(28)16-19-8-6-5-7-9-19;1-28-9-8-18(36)10-21(28)23(32)12-20-19-11-22-26(27(39)40)34(14-17-6-4-3-5-7-17)16-30(22,25(38)15-35)29(19,2)13-24(37)31(20,28)33;;/h5-12,21-22,24-26,28,37,39H,4,13-18H2,1-3H3;3-10,19-20,22-24,26,35,37H,11-16H2,1-2H3,(H,39,40);;1H2/q;;+1;/p-1/t21-,22-,24-,25-,26-,28?,30-,31-,32+,33-;19-,20-,22-,23-,24-,26?,28-,29-,30+,31-;;/m00../s1. The maximum atomic E-state index is 17.7. The summed E-state index contributed by atoms with van der Waals surface area (Å²) < 4.78 is 72.5. The number of hydrogen-bond acceptors (Lipinski definition) is 14. The molecule has 0 spiro atoms. The van der Waals surface area contributed by atoms with Gasteiger partial charge < -0.3 is 35.7 Å². The average molecular weight is 1180 g/mol. The molecule has 2 heterocycles. The topological polar surface area (TPSA) is 249 Å². The molecule has 84 heavy (non-hydrogen) atoms. The molecule has 10 aliphatic rings. The van der Waals surface area contributed by atoms with Gasteiger partial charge in [0.1, 0.15) is 37.6 Å². The van der Waals surface area contributed by atoms with E-state index in [1.54, 1.807) is 25.7 Å². The maximum Gasteiger partial charge on any atom is 1.00 e. The third kappa shape index (κ3) is 8.53. The zero-order chi connectivity index (χ0) is 59.1. The second-order valence-electron chi connectivity index (χ2n) is 26.3. The number of aliphatic hydroxyl groups is 4. The number of aliphatic carboxylic acids is 1. The minimum absolute atomic E-state index is 0. The van der Waals surface area contributed by atoms with Gasteiger partial charge in [0.2, 0.25) is 0 Å². The molecule has 0 amide bonds. The first-order chi connectivity index (χ1) is 38.7. The number of hydrogen-bond donors (Lipinski definition) is 5. The van der Waals surface area contributed by atoms with E-state index in [1.165, 1.54) is 31.2 Å². The second kappa shape index (κ2) is 22.2. The number of ether oxygens (including phenoxy) is 1. The fourth-order valence-corrected chi connectivity index (χ4v) is 19.9. The van der Waals surface area contributed by atoms with Crippen LogP contribution >= 0.6 is 0 Å². The van der Waals surface area contributed by atoms with Gasteiger partial charge in [-0.25, -0.2) is 17.6 Å². The van der Waals surface area contributed by atoms with Crippen LogP contribution in [0.5, 0.6) is 0 Å². The Morgan fingerprint density at radius 1 is 0.607 bits per heavy atom. The number of nitrogens with zero attached hydrogens (tertiary/aromatic N) is 2. The number of halogens is 4. The van der Waals surface area contributed by atoms with Crippen molar-refractivity contribution in [1.29, 1.82) is 0 Å². The van der Waals surface area contributed by atoms with E-state index >= 15 is 17.6 Å². The molecule has 0 bridgehead atoms. The van der Waals surface area contributed by atoms with Crippen molar-refractivity contribution < 1.29 is 112 Å². The first-order valence-corrected chi connectivity index (χ1v) is 28.9.